The largest absolute Gasteiger partial charge is 0.462 e. The molecular weight excluding hydrogens is 238 g/mol. The van der Waals surface area contributed by atoms with E-state index in [1.165, 1.54) is 17.4 Å². The molecule has 0 atom stereocenters. The third-order valence-corrected chi connectivity index (χ3v) is 2.67. The van der Waals surface area contributed by atoms with Crippen molar-refractivity contribution in [1.82, 2.24) is 10.2 Å². The molecule has 2 aromatic heterocycles. The molecule has 88 valence electrons. The molecule has 2 rings (SSSR count). The van der Waals surface area contributed by atoms with Crippen molar-refractivity contribution in [3.05, 3.63) is 34.7 Å². The highest BCUT2D eigenvalue weighted by molar-refractivity contribution is 7.15. The average Bonchev–Trinajstić information content (AvgIpc) is 2.85. The molecule has 0 saturated heterocycles. The number of anilines is 1. The fourth-order valence-corrected chi connectivity index (χ4v) is 1.79. The molecule has 5 nitrogen and oxygen atoms in total. The number of aromatic nitrogens is 2. The SMILES string of the molecule is Cc1ccc(C=CC(=O)Nc2nnc(C)s2)o1. The first kappa shape index (κ1) is 11.5. The van der Waals surface area contributed by atoms with E-state index in [1.54, 1.807) is 12.1 Å². The van der Waals surface area contributed by atoms with Gasteiger partial charge >= 0.3 is 0 Å². The van der Waals surface area contributed by atoms with Gasteiger partial charge in [-0.25, -0.2) is 0 Å². The van der Waals surface area contributed by atoms with Gasteiger partial charge in [-0.15, -0.1) is 10.2 Å². The Bertz CT molecular complexity index is 557. The summed E-state index contributed by atoms with van der Waals surface area (Å²) in [5, 5.41) is 11.5. The zero-order valence-corrected chi connectivity index (χ0v) is 10.2. The normalized spacial score (nSPS) is 10.9. The Morgan fingerprint density at radius 1 is 1.41 bits per heavy atom. The van der Waals surface area contributed by atoms with Gasteiger partial charge in [-0.1, -0.05) is 11.3 Å². The molecule has 17 heavy (non-hydrogen) atoms. The monoisotopic (exact) mass is 249 g/mol. The molecule has 6 heteroatoms. The van der Waals surface area contributed by atoms with Crippen molar-refractivity contribution in [2.75, 3.05) is 5.32 Å². The maximum Gasteiger partial charge on any atom is 0.250 e. The Kier molecular flexibility index (Phi) is 3.34. The Morgan fingerprint density at radius 3 is 2.82 bits per heavy atom. The highest BCUT2D eigenvalue weighted by Gasteiger charge is 2.03. The number of aryl methyl sites for hydroxylation is 2. The maximum atomic E-state index is 11.5. The van der Waals surface area contributed by atoms with Crippen molar-refractivity contribution >= 4 is 28.5 Å². The van der Waals surface area contributed by atoms with Gasteiger partial charge in [-0.3, -0.25) is 10.1 Å². The third-order valence-electron chi connectivity index (χ3n) is 1.92. The van der Waals surface area contributed by atoms with Gasteiger partial charge in [-0.2, -0.15) is 0 Å². The van der Waals surface area contributed by atoms with Crippen molar-refractivity contribution in [3.63, 3.8) is 0 Å². The van der Waals surface area contributed by atoms with Gasteiger partial charge in [0.1, 0.15) is 16.5 Å². The van der Waals surface area contributed by atoms with E-state index < -0.39 is 0 Å². The van der Waals surface area contributed by atoms with Gasteiger partial charge in [0, 0.05) is 6.08 Å². The molecule has 0 unspecified atom stereocenters. The van der Waals surface area contributed by atoms with Gasteiger partial charge in [0.2, 0.25) is 11.0 Å². The summed E-state index contributed by atoms with van der Waals surface area (Å²) in [7, 11) is 0. The molecule has 2 heterocycles. The van der Waals surface area contributed by atoms with Gasteiger partial charge in [0.25, 0.3) is 0 Å². The molecule has 2 aromatic rings. The van der Waals surface area contributed by atoms with E-state index in [1.807, 2.05) is 19.9 Å². The van der Waals surface area contributed by atoms with Crippen LogP contribution in [0.1, 0.15) is 16.5 Å². The van der Waals surface area contributed by atoms with E-state index in [-0.39, 0.29) is 5.91 Å². The number of rotatable bonds is 3. The van der Waals surface area contributed by atoms with Crippen LogP contribution < -0.4 is 5.32 Å². The van der Waals surface area contributed by atoms with E-state index in [0.717, 1.165) is 10.8 Å². The summed E-state index contributed by atoms with van der Waals surface area (Å²) in [5.74, 6) is 1.20. The van der Waals surface area contributed by atoms with Crippen molar-refractivity contribution in [2.24, 2.45) is 0 Å². The second-order valence-electron chi connectivity index (χ2n) is 3.40. The Labute approximate surface area is 102 Å². The first-order valence-electron chi connectivity index (χ1n) is 4.99. The highest BCUT2D eigenvalue weighted by Crippen LogP contribution is 2.13. The van der Waals surface area contributed by atoms with Crippen molar-refractivity contribution in [1.29, 1.82) is 0 Å². The molecule has 0 aliphatic heterocycles. The van der Waals surface area contributed by atoms with Crippen LogP contribution in [-0.2, 0) is 4.79 Å². The minimum atomic E-state index is -0.254. The van der Waals surface area contributed by atoms with Crippen molar-refractivity contribution in [2.45, 2.75) is 13.8 Å². The van der Waals surface area contributed by atoms with Gasteiger partial charge in [-0.05, 0) is 32.1 Å². The van der Waals surface area contributed by atoms with Crippen LogP contribution in [0.5, 0.6) is 0 Å². The third kappa shape index (κ3) is 3.25. The van der Waals surface area contributed by atoms with E-state index >= 15 is 0 Å². The zero-order valence-electron chi connectivity index (χ0n) is 9.43. The van der Waals surface area contributed by atoms with Gasteiger partial charge in [0.05, 0.1) is 0 Å². The molecule has 0 bridgehead atoms. The lowest BCUT2D eigenvalue weighted by atomic mass is 10.4. The second kappa shape index (κ2) is 4.92. The lowest BCUT2D eigenvalue weighted by Gasteiger charge is -1.93. The summed E-state index contributed by atoms with van der Waals surface area (Å²) in [6.07, 6.45) is 3.01. The molecule has 1 N–H and O–H groups in total. The highest BCUT2D eigenvalue weighted by atomic mass is 32.1. The number of hydrogen-bond donors (Lipinski definition) is 1. The lowest BCUT2D eigenvalue weighted by Crippen LogP contribution is -2.07. The molecule has 0 saturated carbocycles. The number of furan rings is 1. The van der Waals surface area contributed by atoms with Crippen LogP contribution in [0.15, 0.2) is 22.6 Å². The molecular formula is C11H11N3O2S. The molecule has 0 aliphatic carbocycles. The zero-order chi connectivity index (χ0) is 12.3. The fraction of sp³-hybridized carbons (Fsp3) is 0.182. The first-order chi connectivity index (χ1) is 8.13. The van der Waals surface area contributed by atoms with E-state index in [0.29, 0.717) is 10.9 Å². The smallest absolute Gasteiger partial charge is 0.250 e. The predicted molar refractivity (Wildman–Crippen MR) is 65.8 cm³/mol. The summed E-state index contributed by atoms with van der Waals surface area (Å²) in [5.41, 5.74) is 0. The van der Waals surface area contributed by atoms with Crippen LogP contribution in [-0.4, -0.2) is 16.1 Å². The summed E-state index contributed by atoms with van der Waals surface area (Å²) in [6.45, 7) is 3.68. The van der Waals surface area contributed by atoms with Crippen molar-refractivity contribution in [3.8, 4) is 0 Å². The molecule has 0 aliphatic rings. The van der Waals surface area contributed by atoms with Crippen LogP contribution >= 0.6 is 11.3 Å². The van der Waals surface area contributed by atoms with Crippen LogP contribution in [0.3, 0.4) is 0 Å². The minimum absolute atomic E-state index is 0.254. The van der Waals surface area contributed by atoms with E-state index in [4.69, 9.17) is 4.42 Å². The van der Waals surface area contributed by atoms with Gasteiger partial charge in [0.15, 0.2) is 0 Å². The summed E-state index contributed by atoms with van der Waals surface area (Å²) in [4.78, 5) is 11.5. The predicted octanol–water partition coefficient (Wildman–Crippen LogP) is 2.40. The Balaban J connectivity index is 1.95. The van der Waals surface area contributed by atoms with Crippen LogP contribution in [0.2, 0.25) is 0 Å². The molecule has 0 aromatic carbocycles. The molecule has 0 fully saturated rings. The summed E-state index contributed by atoms with van der Waals surface area (Å²) in [6, 6.07) is 3.64. The van der Waals surface area contributed by atoms with Crippen LogP contribution in [0.4, 0.5) is 5.13 Å². The first-order valence-corrected chi connectivity index (χ1v) is 5.81. The Morgan fingerprint density at radius 2 is 2.24 bits per heavy atom. The van der Waals surface area contributed by atoms with Crippen LogP contribution in [0.25, 0.3) is 6.08 Å². The summed E-state index contributed by atoms with van der Waals surface area (Å²) < 4.78 is 5.30. The fourth-order valence-electron chi connectivity index (χ4n) is 1.19. The van der Waals surface area contributed by atoms with Crippen molar-refractivity contribution < 1.29 is 9.21 Å². The lowest BCUT2D eigenvalue weighted by molar-refractivity contribution is -0.111. The van der Waals surface area contributed by atoms with Crippen LogP contribution in [0, 0.1) is 13.8 Å². The number of nitrogens with one attached hydrogen (secondary N) is 1. The number of hydrogen-bond acceptors (Lipinski definition) is 5. The van der Waals surface area contributed by atoms with Gasteiger partial charge < -0.3 is 4.42 Å². The molecule has 1 amide bonds. The molecule has 0 radical (unpaired) electrons. The number of nitrogens with zero attached hydrogens (tertiary/aromatic N) is 2. The maximum absolute atomic E-state index is 11.5. The number of amides is 1. The number of carbonyl (C=O) groups is 1. The average molecular weight is 249 g/mol. The number of carbonyl (C=O) groups excluding carboxylic acids is 1. The Hall–Kier alpha value is -1.95. The minimum Gasteiger partial charge on any atom is -0.462 e. The van der Waals surface area contributed by atoms with E-state index in [2.05, 4.69) is 15.5 Å². The second-order valence-corrected chi connectivity index (χ2v) is 4.58. The molecule has 0 spiro atoms. The van der Waals surface area contributed by atoms with E-state index in [9.17, 15) is 4.79 Å². The topological polar surface area (TPSA) is 68.0 Å². The standard InChI is InChI=1S/C11H11N3O2S/c1-7-3-4-9(16-7)5-6-10(15)12-11-14-13-8(2)17-11/h3-6H,1-2H3,(H,12,14,15). The summed E-state index contributed by atoms with van der Waals surface area (Å²) >= 11 is 1.33. The quantitative estimate of drug-likeness (QED) is 0.848.